The molecule has 0 aliphatic carbocycles. The van der Waals surface area contributed by atoms with Crippen LogP contribution in [0.3, 0.4) is 0 Å². The van der Waals surface area contributed by atoms with Crippen molar-refractivity contribution in [1.82, 2.24) is 9.80 Å². The zero-order valence-corrected chi connectivity index (χ0v) is 12.1. The maximum atomic E-state index is 8.91. The van der Waals surface area contributed by atoms with Gasteiger partial charge in [-0.05, 0) is 17.7 Å². The van der Waals surface area contributed by atoms with E-state index in [0.717, 1.165) is 49.4 Å². The number of nitrogens with two attached hydrogens (primary N) is 1. The molecular formula is C13H20BrN3O. The lowest BCUT2D eigenvalue weighted by atomic mass is 10.1. The summed E-state index contributed by atoms with van der Waals surface area (Å²) in [5, 5.41) is 8.91. The maximum Gasteiger partial charge on any atom is 0.0558 e. The molecule has 0 bridgehead atoms. The Bertz CT molecular complexity index is 392. The Balaban J connectivity index is 1.87. The molecule has 0 amide bonds. The fourth-order valence-electron chi connectivity index (χ4n) is 2.26. The van der Waals surface area contributed by atoms with Crippen LogP contribution in [0.15, 0.2) is 22.7 Å². The number of aliphatic hydroxyl groups is 1. The minimum absolute atomic E-state index is 0.250. The minimum Gasteiger partial charge on any atom is -0.398 e. The highest BCUT2D eigenvalue weighted by Gasteiger charge is 2.16. The highest BCUT2D eigenvalue weighted by molar-refractivity contribution is 9.10. The number of benzene rings is 1. The van der Waals surface area contributed by atoms with Crippen LogP contribution in [0.2, 0.25) is 0 Å². The summed E-state index contributed by atoms with van der Waals surface area (Å²) in [5.41, 5.74) is 8.05. The number of nitrogens with zero attached hydrogens (tertiary/aromatic N) is 2. The Labute approximate surface area is 117 Å². The molecule has 0 atom stereocenters. The highest BCUT2D eigenvalue weighted by Crippen LogP contribution is 2.20. The molecule has 0 unspecified atom stereocenters. The predicted molar refractivity (Wildman–Crippen MR) is 77.4 cm³/mol. The van der Waals surface area contributed by atoms with Crippen LogP contribution in [0.25, 0.3) is 0 Å². The van der Waals surface area contributed by atoms with Crippen molar-refractivity contribution in [2.45, 2.75) is 6.54 Å². The Morgan fingerprint density at radius 1 is 1.17 bits per heavy atom. The molecule has 1 aliphatic rings. The van der Waals surface area contributed by atoms with Gasteiger partial charge in [0.25, 0.3) is 0 Å². The molecular weight excluding hydrogens is 294 g/mol. The number of hydrogen-bond acceptors (Lipinski definition) is 4. The van der Waals surface area contributed by atoms with Gasteiger partial charge < -0.3 is 10.8 Å². The highest BCUT2D eigenvalue weighted by atomic mass is 79.9. The van der Waals surface area contributed by atoms with Crippen molar-refractivity contribution < 1.29 is 5.11 Å². The first kappa shape index (κ1) is 13.8. The van der Waals surface area contributed by atoms with Crippen LogP contribution < -0.4 is 5.73 Å². The molecule has 0 aromatic heterocycles. The van der Waals surface area contributed by atoms with Gasteiger partial charge in [-0.15, -0.1) is 0 Å². The van der Waals surface area contributed by atoms with Gasteiger partial charge in [0.2, 0.25) is 0 Å². The number of halogens is 1. The molecule has 1 heterocycles. The van der Waals surface area contributed by atoms with Gasteiger partial charge in [-0.2, -0.15) is 0 Å². The van der Waals surface area contributed by atoms with Crippen molar-refractivity contribution in [3.05, 3.63) is 28.2 Å². The van der Waals surface area contributed by atoms with Crippen molar-refractivity contribution >= 4 is 21.6 Å². The van der Waals surface area contributed by atoms with E-state index in [-0.39, 0.29) is 6.61 Å². The van der Waals surface area contributed by atoms with E-state index in [1.54, 1.807) is 0 Å². The van der Waals surface area contributed by atoms with E-state index >= 15 is 0 Å². The zero-order valence-electron chi connectivity index (χ0n) is 10.5. The molecule has 3 N–H and O–H groups in total. The fourth-order valence-corrected chi connectivity index (χ4v) is 2.64. The summed E-state index contributed by atoms with van der Waals surface area (Å²) in [6.07, 6.45) is 0. The number of anilines is 1. The molecule has 1 aliphatic heterocycles. The molecule has 2 rings (SSSR count). The van der Waals surface area contributed by atoms with E-state index < -0.39 is 0 Å². The lowest BCUT2D eigenvalue weighted by Gasteiger charge is -2.34. The fraction of sp³-hybridized carbons (Fsp3) is 0.538. The zero-order chi connectivity index (χ0) is 13.0. The molecule has 5 heteroatoms. The van der Waals surface area contributed by atoms with Crippen LogP contribution in [0.4, 0.5) is 5.69 Å². The van der Waals surface area contributed by atoms with Gasteiger partial charge in [0.05, 0.1) is 6.61 Å². The Morgan fingerprint density at radius 3 is 2.44 bits per heavy atom. The normalized spacial score (nSPS) is 18.1. The summed E-state index contributed by atoms with van der Waals surface area (Å²) in [6.45, 7) is 6.07. The molecule has 0 spiro atoms. The standard InChI is InChI=1S/C13H20BrN3O/c14-12-2-1-11(13(15)9-12)10-17-5-3-16(4-6-17)7-8-18/h1-2,9,18H,3-8,10,15H2. The largest absolute Gasteiger partial charge is 0.398 e. The average Bonchev–Trinajstić information content (AvgIpc) is 2.35. The molecule has 1 fully saturated rings. The first-order valence-electron chi connectivity index (χ1n) is 6.28. The van der Waals surface area contributed by atoms with Crippen LogP contribution >= 0.6 is 15.9 Å². The lowest BCUT2D eigenvalue weighted by molar-refractivity contribution is 0.108. The van der Waals surface area contributed by atoms with E-state index in [2.05, 4.69) is 31.8 Å². The van der Waals surface area contributed by atoms with E-state index in [0.29, 0.717) is 0 Å². The SMILES string of the molecule is Nc1cc(Br)ccc1CN1CCN(CCO)CC1. The van der Waals surface area contributed by atoms with Crippen molar-refractivity contribution in [2.24, 2.45) is 0 Å². The molecule has 1 aromatic carbocycles. The van der Waals surface area contributed by atoms with E-state index in [1.807, 2.05) is 12.1 Å². The maximum absolute atomic E-state index is 8.91. The summed E-state index contributed by atoms with van der Waals surface area (Å²) < 4.78 is 1.02. The topological polar surface area (TPSA) is 52.7 Å². The van der Waals surface area contributed by atoms with Crippen molar-refractivity contribution in [3.63, 3.8) is 0 Å². The van der Waals surface area contributed by atoms with Crippen LogP contribution in [0, 0.1) is 0 Å². The van der Waals surface area contributed by atoms with E-state index in [4.69, 9.17) is 10.8 Å². The molecule has 0 saturated carbocycles. The van der Waals surface area contributed by atoms with Crippen molar-refractivity contribution in [3.8, 4) is 0 Å². The molecule has 100 valence electrons. The average molecular weight is 314 g/mol. The van der Waals surface area contributed by atoms with Crippen LogP contribution in [-0.2, 0) is 6.54 Å². The van der Waals surface area contributed by atoms with Gasteiger partial charge >= 0.3 is 0 Å². The molecule has 18 heavy (non-hydrogen) atoms. The Morgan fingerprint density at radius 2 is 1.83 bits per heavy atom. The second kappa shape index (κ2) is 6.52. The Hall–Kier alpha value is -0.620. The van der Waals surface area contributed by atoms with Gasteiger partial charge in [0.1, 0.15) is 0 Å². The van der Waals surface area contributed by atoms with Crippen molar-refractivity contribution in [1.29, 1.82) is 0 Å². The smallest absolute Gasteiger partial charge is 0.0558 e. The van der Waals surface area contributed by atoms with Crippen LogP contribution in [0.1, 0.15) is 5.56 Å². The molecule has 0 radical (unpaired) electrons. The summed E-state index contributed by atoms with van der Waals surface area (Å²) in [4.78, 5) is 4.70. The quantitative estimate of drug-likeness (QED) is 0.819. The molecule has 1 saturated heterocycles. The second-order valence-electron chi connectivity index (χ2n) is 4.68. The number of hydrogen-bond donors (Lipinski definition) is 2. The number of β-amino-alcohol motifs (C(OH)–C–C–N with tert-alkyl or cyclic N) is 1. The molecule has 4 nitrogen and oxygen atoms in total. The summed E-state index contributed by atoms with van der Waals surface area (Å²) >= 11 is 3.42. The van der Waals surface area contributed by atoms with Gasteiger partial charge in [-0.1, -0.05) is 22.0 Å². The van der Waals surface area contributed by atoms with Gasteiger partial charge in [-0.3, -0.25) is 9.80 Å². The van der Waals surface area contributed by atoms with E-state index in [1.165, 1.54) is 5.56 Å². The van der Waals surface area contributed by atoms with Gasteiger partial charge in [0, 0.05) is 49.4 Å². The third kappa shape index (κ3) is 3.68. The number of aliphatic hydroxyl groups excluding tert-OH is 1. The summed E-state index contributed by atoms with van der Waals surface area (Å²) in [5.74, 6) is 0. The first-order valence-corrected chi connectivity index (χ1v) is 7.08. The number of nitrogen functional groups attached to an aromatic ring is 1. The third-order valence-electron chi connectivity index (χ3n) is 3.38. The van der Waals surface area contributed by atoms with E-state index in [9.17, 15) is 0 Å². The number of rotatable bonds is 4. The minimum atomic E-state index is 0.250. The predicted octanol–water partition coefficient (Wildman–Crippen LogP) is 1.14. The van der Waals surface area contributed by atoms with Crippen molar-refractivity contribution in [2.75, 3.05) is 45.1 Å². The summed E-state index contributed by atoms with van der Waals surface area (Å²) in [7, 11) is 0. The van der Waals surface area contributed by atoms with Gasteiger partial charge in [-0.25, -0.2) is 0 Å². The monoisotopic (exact) mass is 313 g/mol. The molecule has 1 aromatic rings. The number of piperazine rings is 1. The first-order chi connectivity index (χ1) is 8.69. The Kier molecular flexibility index (Phi) is 5.00. The second-order valence-corrected chi connectivity index (χ2v) is 5.60. The lowest BCUT2D eigenvalue weighted by Crippen LogP contribution is -2.46. The summed E-state index contributed by atoms with van der Waals surface area (Å²) in [6, 6.07) is 6.07. The third-order valence-corrected chi connectivity index (χ3v) is 3.88. The van der Waals surface area contributed by atoms with Crippen LogP contribution in [-0.4, -0.2) is 54.2 Å². The van der Waals surface area contributed by atoms with Gasteiger partial charge in [0.15, 0.2) is 0 Å². The van der Waals surface area contributed by atoms with Crippen LogP contribution in [0.5, 0.6) is 0 Å².